The molecule has 1 unspecified atom stereocenters. The van der Waals surface area contributed by atoms with Gasteiger partial charge in [0.05, 0.1) is 6.10 Å². The molecule has 0 saturated heterocycles. The van der Waals surface area contributed by atoms with Gasteiger partial charge in [-0.25, -0.2) is 9.97 Å². The van der Waals surface area contributed by atoms with E-state index in [2.05, 4.69) is 15.3 Å². The van der Waals surface area contributed by atoms with E-state index >= 15 is 0 Å². The Bertz CT molecular complexity index is 404. The van der Waals surface area contributed by atoms with Crippen molar-refractivity contribution in [3.63, 3.8) is 0 Å². The van der Waals surface area contributed by atoms with Crippen molar-refractivity contribution in [2.24, 2.45) is 5.92 Å². The summed E-state index contributed by atoms with van der Waals surface area (Å²) in [5.74, 6) is 0.381. The van der Waals surface area contributed by atoms with E-state index < -0.39 is 6.10 Å². The molecule has 1 saturated carbocycles. The highest BCUT2D eigenvalue weighted by molar-refractivity contribution is 6.32. The van der Waals surface area contributed by atoms with Crippen LogP contribution >= 0.6 is 11.6 Å². The number of aromatic nitrogens is 2. The van der Waals surface area contributed by atoms with E-state index in [1.807, 2.05) is 0 Å². The molecule has 5 N–H and O–H groups in total. The van der Waals surface area contributed by atoms with Gasteiger partial charge >= 0.3 is 0 Å². The quantitative estimate of drug-likeness (QED) is 0.580. The first-order chi connectivity index (χ1) is 8.11. The summed E-state index contributed by atoms with van der Waals surface area (Å²) < 4.78 is 0. The number of nitrogens with zero attached hydrogens (tertiary/aromatic N) is 2. The van der Waals surface area contributed by atoms with E-state index in [4.69, 9.17) is 22.4 Å². The van der Waals surface area contributed by atoms with Crippen LogP contribution in [0.2, 0.25) is 5.15 Å². The zero-order valence-corrected chi connectivity index (χ0v) is 9.93. The standard InChI is InChI=1S/C10H15ClN4O2/c11-9-8(12)10(14-4-13-9)15-6-1-5(3-16)7(17)2-6/h4-7,16-17H,1-3,12H2,(H,13,14,15)/t5-,6?,7-/m0/s1. The van der Waals surface area contributed by atoms with Crippen LogP contribution in [0, 0.1) is 5.92 Å². The average molecular weight is 259 g/mol. The fraction of sp³-hybridized carbons (Fsp3) is 0.600. The van der Waals surface area contributed by atoms with Crippen LogP contribution in [0.4, 0.5) is 11.5 Å². The number of hydrogen-bond acceptors (Lipinski definition) is 6. The number of rotatable bonds is 3. The van der Waals surface area contributed by atoms with Gasteiger partial charge in [-0.05, 0) is 12.8 Å². The summed E-state index contributed by atoms with van der Waals surface area (Å²) in [7, 11) is 0. The number of hydrogen-bond donors (Lipinski definition) is 4. The third-order valence-corrected chi connectivity index (χ3v) is 3.37. The molecule has 94 valence electrons. The molecule has 0 radical (unpaired) electrons. The normalized spacial score (nSPS) is 28.3. The van der Waals surface area contributed by atoms with Crippen molar-refractivity contribution >= 4 is 23.1 Å². The number of nitrogen functional groups attached to an aromatic ring is 1. The molecule has 0 spiro atoms. The first kappa shape index (κ1) is 12.3. The van der Waals surface area contributed by atoms with Crippen LogP contribution in [0.3, 0.4) is 0 Å². The Balaban J connectivity index is 2.05. The molecule has 7 heteroatoms. The van der Waals surface area contributed by atoms with E-state index in [0.29, 0.717) is 24.3 Å². The van der Waals surface area contributed by atoms with Gasteiger partial charge in [-0.3, -0.25) is 0 Å². The van der Waals surface area contributed by atoms with Crippen molar-refractivity contribution in [3.05, 3.63) is 11.5 Å². The zero-order chi connectivity index (χ0) is 12.4. The van der Waals surface area contributed by atoms with Gasteiger partial charge < -0.3 is 21.3 Å². The summed E-state index contributed by atoms with van der Waals surface area (Å²) in [6, 6.07) is 0.0374. The maximum atomic E-state index is 9.67. The van der Waals surface area contributed by atoms with Gasteiger partial charge in [0, 0.05) is 18.6 Å². The number of aliphatic hydroxyl groups excluding tert-OH is 2. The lowest BCUT2D eigenvalue weighted by Gasteiger charge is -2.14. The summed E-state index contributed by atoms with van der Waals surface area (Å²) in [5.41, 5.74) is 6.03. The van der Waals surface area contributed by atoms with Crippen molar-refractivity contribution in [2.45, 2.75) is 25.0 Å². The molecule has 0 aliphatic heterocycles. The second-order valence-corrected chi connectivity index (χ2v) is 4.61. The topological polar surface area (TPSA) is 104 Å². The number of nitrogens with one attached hydrogen (secondary N) is 1. The summed E-state index contributed by atoms with van der Waals surface area (Å²) in [6.45, 7) is -0.0145. The molecular formula is C10H15ClN4O2. The van der Waals surface area contributed by atoms with Gasteiger partial charge in [0.1, 0.15) is 12.0 Å². The Morgan fingerprint density at radius 1 is 1.47 bits per heavy atom. The molecule has 1 aliphatic rings. The lowest BCUT2D eigenvalue weighted by molar-refractivity contribution is 0.0908. The maximum Gasteiger partial charge on any atom is 0.157 e. The minimum atomic E-state index is -0.490. The summed E-state index contributed by atoms with van der Waals surface area (Å²) in [5, 5.41) is 22.1. The van der Waals surface area contributed by atoms with Crippen LogP contribution in [0.25, 0.3) is 0 Å². The van der Waals surface area contributed by atoms with Crippen LogP contribution in [-0.4, -0.2) is 38.9 Å². The van der Waals surface area contributed by atoms with Crippen LogP contribution in [0.5, 0.6) is 0 Å². The van der Waals surface area contributed by atoms with E-state index in [9.17, 15) is 5.11 Å². The van der Waals surface area contributed by atoms with Crippen LogP contribution in [0.15, 0.2) is 6.33 Å². The molecule has 2 rings (SSSR count). The molecule has 17 heavy (non-hydrogen) atoms. The predicted molar refractivity (Wildman–Crippen MR) is 64.7 cm³/mol. The van der Waals surface area contributed by atoms with Crippen molar-refractivity contribution in [3.8, 4) is 0 Å². The Morgan fingerprint density at radius 3 is 2.88 bits per heavy atom. The fourth-order valence-corrected chi connectivity index (χ4v) is 2.23. The molecule has 1 aromatic rings. The monoisotopic (exact) mass is 258 g/mol. The minimum absolute atomic E-state index is 0.0145. The van der Waals surface area contributed by atoms with Crippen LogP contribution in [-0.2, 0) is 0 Å². The van der Waals surface area contributed by atoms with Crippen LogP contribution < -0.4 is 11.1 Å². The van der Waals surface area contributed by atoms with Crippen molar-refractivity contribution in [1.82, 2.24) is 9.97 Å². The van der Waals surface area contributed by atoms with E-state index in [1.165, 1.54) is 6.33 Å². The second-order valence-electron chi connectivity index (χ2n) is 4.25. The zero-order valence-electron chi connectivity index (χ0n) is 9.17. The van der Waals surface area contributed by atoms with Gasteiger partial charge in [-0.2, -0.15) is 0 Å². The van der Waals surface area contributed by atoms with E-state index in [0.717, 1.165) is 0 Å². The first-order valence-electron chi connectivity index (χ1n) is 5.43. The molecule has 0 aromatic carbocycles. The largest absolute Gasteiger partial charge is 0.396 e. The average Bonchev–Trinajstić information content (AvgIpc) is 2.65. The molecule has 1 aliphatic carbocycles. The van der Waals surface area contributed by atoms with Crippen molar-refractivity contribution in [1.29, 1.82) is 0 Å². The van der Waals surface area contributed by atoms with Crippen molar-refractivity contribution < 1.29 is 10.2 Å². The smallest absolute Gasteiger partial charge is 0.157 e. The lowest BCUT2D eigenvalue weighted by atomic mass is 10.1. The van der Waals surface area contributed by atoms with Gasteiger partial charge in [0.25, 0.3) is 0 Å². The Labute approximate surface area is 104 Å². The molecule has 3 atom stereocenters. The highest BCUT2D eigenvalue weighted by Crippen LogP contribution is 2.30. The molecule has 1 fully saturated rings. The highest BCUT2D eigenvalue weighted by Gasteiger charge is 2.32. The summed E-state index contributed by atoms with van der Waals surface area (Å²) in [6.07, 6.45) is 2.08. The molecule has 1 heterocycles. The third kappa shape index (κ3) is 2.59. The molecule has 0 bridgehead atoms. The number of nitrogens with two attached hydrogens (primary N) is 1. The van der Waals surface area contributed by atoms with Gasteiger partial charge in [0.2, 0.25) is 0 Å². The lowest BCUT2D eigenvalue weighted by Crippen LogP contribution is -2.18. The first-order valence-corrected chi connectivity index (χ1v) is 5.81. The van der Waals surface area contributed by atoms with Gasteiger partial charge in [0.15, 0.2) is 11.0 Å². The third-order valence-electron chi connectivity index (χ3n) is 3.07. The Kier molecular flexibility index (Phi) is 3.66. The number of aliphatic hydroxyl groups is 2. The van der Waals surface area contributed by atoms with E-state index in [-0.39, 0.29) is 23.7 Å². The molecule has 0 amide bonds. The summed E-state index contributed by atoms with van der Waals surface area (Å²) in [4.78, 5) is 7.76. The summed E-state index contributed by atoms with van der Waals surface area (Å²) >= 11 is 5.78. The Hall–Kier alpha value is -1.11. The molecule has 6 nitrogen and oxygen atoms in total. The van der Waals surface area contributed by atoms with E-state index in [1.54, 1.807) is 0 Å². The van der Waals surface area contributed by atoms with Crippen molar-refractivity contribution in [2.75, 3.05) is 17.7 Å². The number of anilines is 2. The van der Waals surface area contributed by atoms with Gasteiger partial charge in [-0.1, -0.05) is 11.6 Å². The van der Waals surface area contributed by atoms with Crippen LogP contribution in [0.1, 0.15) is 12.8 Å². The maximum absolute atomic E-state index is 9.67. The second kappa shape index (κ2) is 5.03. The fourth-order valence-electron chi connectivity index (χ4n) is 2.10. The van der Waals surface area contributed by atoms with Gasteiger partial charge in [-0.15, -0.1) is 0 Å². The predicted octanol–water partition coefficient (Wildman–Crippen LogP) is 0.256. The molecular weight excluding hydrogens is 244 g/mol. The Morgan fingerprint density at radius 2 is 2.24 bits per heavy atom. The highest BCUT2D eigenvalue weighted by atomic mass is 35.5. The number of halogens is 1. The molecule has 1 aromatic heterocycles. The minimum Gasteiger partial charge on any atom is -0.396 e. The SMILES string of the molecule is Nc1c(Cl)ncnc1NC1C[C@@H](CO)[C@@H](O)C1.